The maximum absolute atomic E-state index is 5.41. The first-order chi connectivity index (χ1) is 9.20. The Bertz CT molecular complexity index is 522. The van der Waals surface area contributed by atoms with Crippen LogP contribution in [0.2, 0.25) is 0 Å². The van der Waals surface area contributed by atoms with Crippen molar-refractivity contribution in [1.82, 2.24) is 9.55 Å². The number of nitrogens with one attached hydrogen (secondary N) is 1. The maximum atomic E-state index is 5.41. The Morgan fingerprint density at radius 2 is 2.26 bits per heavy atom. The van der Waals surface area contributed by atoms with Gasteiger partial charge in [-0.15, -0.1) is 0 Å². The van der Waals surface area contributed by atoms with Crippen molar-refractivity contribution >= 4 is 5.69 Å². The molecule has 1 aromatic heterocycles. The molecule has 0 saturated carbocycles. The van der Waals surface area contributed by atoms with Crippen LogP contribution in [0.4, 0.5) is 5.69 Å². The van der Waals surface area contributed by atoms with Crippen LogP contribution in [0.3, 0.4) is 0 Å². The maximum Gasteiger partial charge on any atom is 0.139 e. The monoisotopic (exact) mass is 259 g/mol. The van der Waals surface area contributed by atoms with E-state index in [1.54, 1.807) is 0 Å². The highest BCUT2D eigenvalue weighted by Crippen LogP contribution is 2.21. The van der Waals surface area contributed by atoms with Crippen LogP contribution in [0.5, 0.6) is 0 Å². The van der Waals surface area contributed by atoms with Gasteiger partial charge in [0.15, 0.2) is 0 Å². The van der Waals surface area contributed by atoms with Gasteiger partial charge in [0.05, 0.1) is 6.61 Å². The zero-order valence-corrected chi connectivity index (χ0v) is 11.8. The molecule has 0 aliphatic carbocycles. The third-order valence-electron chi connectivity index (χ3n) is 2.93. The summed E-state index contributed by atoms with van der Waals surface area (Å²) < 4.78 is 7.43. The van der Waals surface area contributed by atoms with E-state index in [4.69, 9.17) is 4.74 Å². The summed E-state index contributed by atoms with van der Waals surface area (Å²) in [5.74, 6) is 0.973. The smallest absolute Gasteiger partial charge is 0.139 e. The summed E-state index contributed by atoms with van der Waals surface area (Å²) in [6.45, 7) is 5.58. The molecule has 1 atom stereocenters. The number of ether oxygens (including phenoxy) is 1. The number of rotatable bonds is 6. The minimum absolute atomic E-state index is 0.288. The van der Waals surface area contributed by atoms with Gasteiger partial charge in [-0.3, -0.25) is 0 Å². The molecule has 1 N–H and O–H groups in total. The fraction of sp³-hybridized carbons (Fsp3) is 0.400. The van der Waals surface area contributed by atoms with Crippen LogP contribution >= 0.6 is 0 Å². The molecule has 0 unspecified atom stereocenters. The van der Waals surface area contributed by atoms with E-state index in [0.29, 0.717) is 6.61 Å². The van der Waals surface area contributed by atoms with Gasteiger partial charge >= 0.3 is 0 Å². The van der Waals surface area contributed by atoms with Gasteiger partial charge in [0.1, 0.15) is 5.82 Å². The number of anilines is 1. The lowest BCUT2D eigenvalue weighted by atomic mass is 10.2. The fourth-order valence-electron chi connectivity index (χ4n) is 2.01. The molecular weight excluding hydrogens is 238 g/mol. The van der Waals surface area contributed by atoms with Crippen molar-refractivity contribution < 1.29 is 4.74 Å². The third-order valence-corrected chi connectivity index (χ3v) is 2.93. The van der Waals surface area contributed by atoms with Crippen molar-refractivity contribution in [3.63, 3.8) is 0 Å². The van der Waals surface area contributed by atoms with E-state index in [1.807, 2.05) is 37.0 Å². The molecule has 0 radical (unpaired) electrons. The molecule has 0 aliphatic heterocycles. The topological polar surface area (TPSA) is 39.1 Å². The molecule has 19 heavy (non-hydrogen) atoms. The molecule has 102 valence electrons. The number of aryl methyl sites for hydroxylation is 1. The van der Waals surface area contributed by atoms with Crippen molar-refractivity contribution in [3.8, 4) is 11.4 Å². The number of aromatic nitrogens is 2. The van der Waals surface area contributed by atoms with Gasteiger partial charge in [0.25, 0.3) is 0 Å². The summed E-state index contributed by atoms with van der Waals surface area (Å²) in [5.41, 5.74) is 2.20. The molecule has 2 aromatic rings. The zero-order chi connectivity index (χ0) is 13.7. The Labute approximate surface area is 114 Å². The van der Waals surface area contributed by atoms with Gasteiger partial charge in [-0.25, -0.2) is 4.98 Å². The fourth-order valence-corrected chi connectivity index (χ4v) is 2.01. The number of hydrogen-bond donors (Lipinski definition) is 1. The summed E-state index contributed by atoms with van der Waals surface area (Å²) in [7, 11) is 2.00. The van der Waals surface area contributed by atoms with Crippen molar-refractivity contribution in [1.29, 1.82) is 0 Å². The Morgan fingerprint density at radius 1 is 1.42 bits per heavy atom. The van der Waals surface area contributed by atoms with Crippen molar-refractivity contribution in [2.45, 2.75) is 19.9 Å². The molecular formula is C15H21N3O. The Balaban J connectivity index is 2.09. The second kappa shape index (κ2) is 6.38. The number of nitrogens with zero attached hydrogens (tertiary/aromatic N) is 2. The predicted octanol–water partition coefficient (Wildman–Crippen LogP) is 2.92. The van der Waals surface area contributed by atoms with Gasteiger partial charge in [-0.05, 0) is 26.0 Å². The minimum Gasteiger partial charge on any atom is -0.380 e. The second-order valence-corrected chi connectivity index (χ2v) is 4.65. The van der Waals surface area contributed by atoms with E-state index in [9.17, 15) is 0 Å². The predicted molar refractivity (Wildman–Crippen MR) is 78.2 cm³/mol. The van der Waals surface area contributed by atoms with Crippen LogP contribution < -0.4 is 5.32 Å². The molecule has 0 aliphatic rings. The summed E-state index contributed by atoms with van der Waals surface area (Å²) in [6.07, 6.45) is 3.76. The average Bonchev–Trinajstić information content (AvgIpc) is 2.83. The van der Waals surface area contributed by atoms with E-state index < -0.39 is 0 Å². The van der Waals surface area contributed by atoms with Crippen molar-refractivity contribution in [2.24, 2.45) is 7.05 Å². The molecule has 0 bridgehead atoms. The first kappa shape index (κ1) is 13.6. The van der Waals surface area contributed by atoms with Crippen LogP contribution in [0, 0.1) is 0 Å². The van der Waals surface area contributed by atoms with Crippen molar-refractivity contribution in [2.75, 3.05) is 18.5 Å². The molecule has 0 spiro atoms. The molecule has 4 heteroatoms. The molecule has 0 saturated heterocycles. The van der Waals surface area contributed by atoms with Crippen LogP contribution in [-0.2, 0) is 11.8 Å². The van der Waals surface area contributed by atoms with E-state index in [-0.39, 0.29) is 6.04 Å². The SMILES string of the molecule is CCOC[C@@H](C)Nc1cccc(-c2nccn2C)c1. The van der Waals surface area contributed by atoms with Crippen LogP contribution in [-0.4, -0.2) is 28.8 Å². The second-order valence-electron chi connectivity index (χ2n) is 4.65. The van der Waals surface area contributed by atoms with Gasteiger partial charge in [-0.1, -0.05) is 12.1 Å². The van der Waals surface area contributed by atoms with E-state index in [2.05, 4.69) is 35.4 Å². The highest BCUT2D eigenvalue weighted by Gasteiger charge is 2.06. The summed E-state index contributed by atoms with van der Waals surface area (Å²) in [4.78, 5) is 4.37. The summed E-state index contributed by atoms with van der Waals surface area (Å²) in [5, 5.41) is 3.44. The summed E-state index contributed by atoms with van der Waals surface area (Å²) >= 11 is 0. The highest BCUT2D eigenvalue weighted by molar-refractivity contribution is 5.62. The minimum atomic E-state index is 0.288. The average molecular weight is 259 g/mol. The Morgan fingerprint density at radius 3 is 2.95 bits per heavy atom. The van der Waals surface area contributed by atoms with Gasteiger partial charge < -0.3 is 14.6 Å². The largest absolute Gasteiger partial charge is 0.380 e. The van der Waals surface area contributed by atoms with Crippen molar-refractivity contribution in [3.05, 3.63) is 36.7 Å². The number of benzene rings is 1. The van der Waals surface area contributed by atoms with E-state index in [1.165, 1.54) is 0 Å². The highest BCUT2D eigenvalue weighted by atomic mass is 16.5. The Hall–Kier alpha value is -1.81. The molecule has 4 nitrogen and oxygen atoms in total. The Kier molecular flexibility index (Phi) is 4.58. The van der Waals surface area contributed by atoms with Crippen LogP contribution in [0.15, 0.2) is 36.7 Å². The van der Waals surface area contributed by atoms with Crippen LogP contribution in [0.25, 0.3) is 11.4 Å². The number of hydrogen-bond acceptors (Lipinski definition) is 3. The lowest BCUT2D eigenvalue weighted by molar-refractivity contribution is 0.141. The van der Waals surface area contributed by atoms with Gasteiger partial charge in [0, 0.05) is 43.3 Å². The standard InChI is InChI=1S/C15H21N3O/c1-4-19-11-12(2)17-14-7-5-6-13(10-14)15-16-8-9-18(15)3/h5-10,12,17H,4,11H2,1-3H3/t12-/m1/s1. The van der Waals surface area contributed by atoms with Gasteiger partial charge in [0.2, 0.25) is 0 Å². The lowest BCUT2D eigenvalue weighted by Gasteiger charge is -2.15. The molecule has 0 fully saturated rings. The zero-order valence-electron chi connectivity index (χ0n) is 11.8. The van der Waals surface area contributed by atoms with E-state index in [0.717, 1.165) is 23.7 Å². The molecule has 0 amide bonds. The number of imidazole rings is 1. The first-order valence-electron chi connectivity index (χ1n) is 6.62. The van der Waals surface area contributed by atoms with Gasteiger partial charge in [-0.2, -0.15) is 0 Å². The lowest BCUT2D eigenvalue weighted by Crippen LogP contribution is -2.21. The first-order valence-corrected chi connectivity index (χ1v) is 6.62. The molecule has 2 rings (SSSR count). The quantitative estimate of drug-likeness (QED) is 0.867. The molecule has 1 heterocycles. The van der Waals surface area contributed by atoms with E-state index >= 15 is 0 Å². The third kappa shape index (κ3) is 3.58. The summed E-state index contributed by atoms with van der Waals surface area (Å²) in [6, 6.07) is 8.58. The van der Waals surface area contributed by atoms with Crippen LogP contribution in [0.1, 0.15) is 13.8 Å². The normalized spacial score (nSPS) is 12.4. The molecule has 1 aromatic carbocycles.